The average Bonchev–Trinajstić information content (AvgIpc) is 2.21. The van der Waals surface area contributed by atoms with Gasteiger partial charge < -0.3 is 9.47 Å². The van der Waals surface area contributed by atoms with Crippen molar-refractivity contribution in [1.82, 2.24) is 0 Å². The molecule has 14 heavy (non-hydrogen) atoms. The molecule has 0 amide bonds. The standard InChI is InChI=1S/C12H24O2/c1-11-4-6-12(7-5-11)10-14-9-3-8-13-2/h11-12H,3-10H2,1-2H3. The van der Waals surface area contributed by atoms with Crippen LogP contribution in [0.4, 0.5) is 0 Å². The van der Waals surface area contributed by atoms with Crippen LogP contribution in [0.1, 0.15) is 39.0 Å². The first-order chi connectivity index (χ1) is 6.83. The number of ether oxygens (including phenoxy) is 2. The third-order valence-electron chi connectivity index (χ3n) is 3.13. The maximum absolute atomic E-state index is 5.63. The molecule has 0 atom stereocenters. The van der Waals surface area contributed by atoms with Gasteiger partial charge in [-0.3, -0.25) is 0 Å². The molecular formula is C12H24O2. The monoisotopic (exact) mass is 200 g/mol. The van der Waals surface area contributed by atoms with E-state index in [1.54, 1.807) is 7.11 Å². The van der Waals surface area contributed by atoms with Gasteiger partial charge in [0.1, 0.15) is 0 Å². The molecule has 0 aliphatic heterocycles. The van der Waals surface area contributed by atoms with Crippen LogP contribution >= 0.6 is 0 Å². The Morgan fingerprint density at radius 2 is 1.79 bits per heavy atom. The van der Waals surface area contributed by atoms with Gasteiger partial charge >= 0.3 is 0 Å². The van der Waals surface area contributed by atoms with E-state index in [9.17, 15) is 0 Å². The van der Waals surface area contributed by atoms with Gasteiger partial charge in [0.15, 0.2) is 0 Å². The summed E-state index contributed by atoms with van der Waals surface area (Å²) in [5.74, 6) is 1.77. The van der Waals surface area contributed by atoms with Gasteiger partial charge in [-0.2, -0.15) is 0 Å². The fourth-order valence-corrected chi connectivity index (χ4v) is 2.05. The second-order valence-corrected chi connectivity index (χ2v) is 4.55. The quantitative estimate of drug-likeness (QED) is 0.614. The number of hydrogen-bond acceptors (Lipinski definition) is 2. The summed E-state index contributed by atoms with van der Waals surface area (Å²) in [5, 5.41) is 0. The summed E-state index contributed by atoms with van der Waals surface area (Å²) in [6.07, 6.45) is 6.55. The molecule has 0 saturated heterocycles. The van der Waals surface area contributed by atoms with Crippen molar-refractivity contribution in [3.63, 3.8) is 0 Å². The fraction of sp³-hybridized carbons (Fsp3) is 1.00. The highest BCUT2D eigenvalue weighted by molar-refractivity contribution is 4.69. The van der Waals surface area contributed by atoms with Gasteiger partial charge in [-0.15, -0.1) is 0 Å². The van der Waals surface area contributed by atoms with Gasteiger partial charge in [-0.1, -0.05) is 19.8 Å². The Morgan fingerprint density at radius 1 is 1.07 bits per heavy atom. The van der Waals surface area contributed by atoms with E-state index in [-0.39, 0.29) is 0 Å². The smallest absolute Gasteiger partial charge is 0.0494 e. The van der Waals surface area contributed by atoms with Crippen molar-refractivity contribution in [2.75, 3.05) is 26.9 Å². The van der Waals surface area contributed by atoms with Crippen LogP contribution in [0.25, 0.3) is 0 Å². The Kier molecular flexibility index (Phi) is 6.20. The summed E-state index contributed by atoms with van der Waals surface area (Å²) in [7, 11) is 1.74. The normalized spacial score (nSPS) is 27.9. The number of methoxy groups -OCH3 is 1. The molecular weight excluding hydrogens is 176 g/mol. The van der Waals surface area contributed by atoms with Crippen molar-refractivity contribution < 1.29 is 9.47 Å². The summed E-state index contributed by atoms with van der Waals surface area (Å²) < 4.78 is 10.6. The first kappa shape index (κ1) is 12.0. The van der Waals surface area contributed by atoms with Crippen molar-refractivity contribution in [3.8, 4) is 0 Å². The van der Waals surface area contributed by atoms with E-state index in [4.69, 9.17) is 9.47 Å². The summed E-state index contributed by atoms with van der Waals surface area (Å²) in [6.45, 7) is 5.01. The lowest BCUT2D eigenvalue weighted by atomic mass is 9.83. The maximum atomic E-state index is 5.63. The van der Waals surface area contributed by atoms with Crippen molar-refractivity contribution in [2.24, 2.45) is 11.8 Å². The zero-order chi connectivity index (χ0) is 10.2. The van der Waals surface area contributed by atoms with Gasteiger partial charge in [0.05, 0.1) is 0 Å². The van der Waals surface area contributed by atoms with Crippen LogP contribution in [0.3, 0.4) is 0 Å². The molecule has 84 valence electrons. The molecule has 0 aromatic carbocycles. The Labute approximate surface area is 88.0 Å². The lowest BCUT2D eigenvalue weighted by Crippen LogP contribution is -2.17. The minimum atomic E-state index is 0.821. The zero-order valence-corrected chi connectivity index (χ0v) is 9.63. The molecule has 2 heteroatoms. The zero-order valence-electron chi connectivity index (χ0n) is 9.63. The van der Waals surface area contributed by atoms with Crippen LogP contribution in [-0.2, 0) is 9.47 Å². The minimum absolute atomic E-state index is 0.821. The average molecular weight is 200 g/mol. The third kappa shape index (κ3) is 4.97. The second-order valence-electron chi connectivity index (χ2n) is 4.55. The minimum Gasteiger partial charge on any atom is -0.385 e. The van der Waals surface area contributed by atoms with Crippen LogP contribution in [0.2, 0.25) is 0 Å². The largest absolute Gasteiger partial charge is 0.385 e. The fourth-order valence-electron chi connectivity index (χ4n) is 2.05. The molecule has 0 aromatic heterocycles. The van der Waals surface area contributed by atoms with E-state index in [1.165, 1.54) is 25.7 Å². The molecule has 1 rings (SSSR count). The predicted octanol–water partition coefficient (Wildman–Crippen LogP) is 2.87. The van der Waals surface area contributed by atoms with Gasteiger partial charge in [0, 0.05) is 26.9 Å². The summed E-state index contributed by atoms with van der Waals surface area (Å²) in [5.41, 5.74) is 0. The summed E-state index contributed by atoms with van der Waals surface area (Å²) >= 11 is 0. The molecule has 1 aliphatic rings. The molecule has 2 nitrogen and oxygen atoms in total. The molecule has 1 saturated carbocycles. The first-order valence-corrected chi connectivity index (χ1v) is 5.89. The van der Waals surface area contributed by atoms with E-state index in [0.29, 0.717) is 0 Å². The third-order valence-corrected chi connectivity index (χ3v) is 3.13. The molecule has 0 radical (unpaired) electrons. The molecule has 0 bridgehead atoms. The molecule has 1 fully saturated rings. The highest BCUT2D eigenvalue weighted by atomic mass is 16.5. The van der Waals surface area contributed by atoms with E-state index < -0.39 is 0 Å². The highest BCUT2D eigenvalue weighted by Crippen LogP contribution is 2.28. The van der Waals surface area contributed by atoms with Crippen molar-refractivity contribution in [2.45, 2.75) is 39.0 Å². The van der Waals surface area contributed by atoms with Crippen LogP contribution < -0.4 is 0 Å². The van der Waals surface area contributed by atoms with Crippen LogP contribution in [0, 0.1) is 11.8 Å². The molecule has 0 aromatic rings. The van der Waals surface area contributed by atoms with E-state index in [1.807, 2.05) is 0 Å². The highest BCUT2D eigenvalue weighted by Gasteiger charge is 2.17. The van der Waals surface area contributed by atoms with Crippen LogP contribution in [-0.4, -0.2) is 26.9 Å². The van der Waals surface area contributed by atoms with Gasteiger partial charge in [0.2, 0.25) is 0 Å². The van der Waals surface area contributed by atoms with E-state index in [0.717, 1.165) is 38.1 Å². The molecule has 0 unspecified atom stereocenters. The topological polar surface area (TPSA) is 18.5 Å². The van der Waals surface area contributed by atoms with Crippen molar-refractivity contribution in [3.05, 3.63) is 0 Å². The van der Waals surface area contributed by atoms with Gasteiger partial charge in [-0.05, 0) is 31.1 Å². The maximum Gasteiger partial charge on any atom is 0.0494 e. The van der Waals surface area contributed by atoms with Crippen molar-refractivity contribution >= 4 is 0 Å². The Bertz CT molecular complexity index is 128. The summed E-state index contributed by atoms with van der Waals surface area (Å²) in [6, 6.07) is 0. The van der Waals surface area contributed by atoms with E-state index in [2.05, 4.69) is 6.92 Å². The number of rotatable bonds is 6. The molecule has 1 aliphatic carbocycles. The first-order valence-electron chi connectivity index (χ1n) is 5.89. The molecule has 0 heterocycles. The Balaban J connectivity index is 1.91. The predicted molar refractivity (Wildman–Crippen MR) is 58.4 cm³/mol. The van der Waals surface area contributed by atoms with E-state index >= 15 is 0 Å². The summed E-state index contributed by atoms with van der Waals surface area (Å²) in [4.78, 5) is 0. The van der Waals surface area contributed by atoms with Crippen LogP contribution in [0.5, 0.6) is 0 Å². The Hall–Kier alpha value is -0.0800. The van der Waals surface area contributed by atoms with Crippen molar-refractivity contribution in [1.29, 1.82) is 0 Å². The second kappa shape index (κ2) is 7.24. The van der Waals surface area contributed by atoms with Crippen LogP contribution in [0.15, 0.2) is 0 Å². The lowest BCUT2D eigenvalue weighted by molar-refractivity contribution is 0.0639. The number of hydrogen-bond donors (Lipinski definition) is 0. The Morgan fingerprint density at radius 3 is 2.43 bits per heavy atom. The molecule has 0 spiro atoms. The lowest BCUT2D eigenvalue weighted by Gasteiger charge is -2.25. The van der Waals surface area contributed by atoms with Gasteiger partial charge in [0.25, 0.3) is 0 Å². The SMILES string of the molecule is COCCCOCC1CCC(C)CC1. The molecule has 0 N–H and O–H groups in total. The van der Waals surface area contributed by atoms with Gasteiger partial charge in [-0.25, -0.2) is 0 Å².